The lowest BCUT2D eigenvalue weighted by Gasteiger charge is -2.06. The van der Waals surface area contributed by atoms with E-state index in [0.29, 0.717) is 0 Å². The summed E-state index contributed by atoms with van der Waals surface area (Å²) in [5.41, 5.74) is 0.231. The van der Waals surface area contributed by atoms with Gasteiger partial charge in [0.25, 0.3) is 0 Å². The second kappa shape index (κ2) is 7.37. The third kappa shape index (κ3) is 5.50. The first kappa shape index (κ1) is 15.8. The predicted octanol–water partition coefficient (Wildman–Crippen LogP) is 2.23. The number of benzene rings is 1. The number of hydrogen-bond donors (Lipinski definition) is 0. The van der Waals surface area contributed by atoms with E-state index in [9.17, 15) is 12.8 Å². The van der Waals surface area contributed by atoms with Gasteiger partial charge in [0.15, 0.2) is 9.84 Å². The molecule has 0 heterocycles. The van der Waals surface area contributed by atoms with Crippen LogP contribution in [0.2, 0.25) is 0 Å². The smallest absolute Gasteiger partial charge is 0.153 e. The highest BCUT2D eigenvalue weighted by molar-refractivity contribution is 7.91. The van der Waals surface area contributed by atoms with Gasteiger partial charge in [-0.3, -0.25) is 0 Å². The number of halogens is 2. The van der Waals surface area contributed by atoms with Gasteiger partial charge in [-0.25, -0.2) is 12.8 Å². The fourth-order valence-corrected chi connectivity index (χ4v) is 1.94. The second-order valence-electron chi connectivity index (χ2n) is 3.66. The molecule has 104 valence electrons. The van der Waals surface area contributed by atoms with Crippen molar-refractivity contribution in [2.45, 2.75) is 6.92 Å². The first-order valence-electron chi connectivity index (χ1n) is 5.66. The summed E-state index contributed by atoms with van der Waals surface area (Å²) in [6, 6.07) is 4.19. The maximum Gasteiger partial charge on any atom is 0.153 e. The molecule has 3 nitrogen and oxygen atoms in total. The van der Waals surface area contributed by atoms with Gasteiger partial charge in [0.2, 0.25) is 0 Å². The van der Waals surface area contributed by atoms with E-state index in [1.54, 1.807) is 13.0 Å². The molecule has 0 unspecified atom stereocenters. The number of sulfone groups is 1. The van der Waals surface area contributed by atoms with Crippen molar-refractivity contribution >= 4 is 21.4 Å². The van der Waals surface area contributed by atoms with E-state index in [4.69, 9.17) is 16.3 Å². The van der Waals surface area contributed by atoms with E-state index in [1.165, 1.54) is 12.1 Å². The largest absolute Gasteiger partial charge is 0.492 e. The highest BCUT2D eigenvalue weighted by Crippen LogP contribution is 2.16. The number of hydrogen-bond acceptors (Lipinski definition) is 3. The Morgan fingerprint density at radius 2 is 2.16 bits per heavy atom. The zero-order valence-electron chi connectivity index (χ0n) is 10.4. The lowest BCUT2D eigenvalue weighted by molar-refractivity contribution is 0.339. The minimum absolute atomic E-state index is 0.00230. The van der Waals surface area contributed by atoms with Gasteiger partial charge in [0, 0.05) is 11.8 Å². The van der Waals surface area contributed by atoms with Gasteiger partial charge >= 0.3 is 0 Å². The van der Waals surface area contributed by atoms with Crippen LogP contribution < -0.4 is 4.74 Å². The highest BCUT2D eigenvalue weighted by atomic mass is 35.5. The lowest BCUT2D eigenvalue weighted by atomic mass is 10.2. The molecular formula is C13H14ClFO3S. The Bertz CT molecular complexity index is 588. The van der Waals surface area contributed by atoms with Crippen LogP contribution in [0.15, 0.2) is 18.2 Å². The van der Waals surface area contributed by atoms with Crippen LogP contribution >= 0.6 is 11.6 Å². The molecule has 0 aliphatic rings. The molecule has 6 heteroatoms. The Labute approximate surface area is 117 Å². The monoisotopic (exact) mass is 304 g/mol. The van der Waals surface area contributed by atoms with E-state index in [-0.39, 0.29) is 35.3 Å². The molecule has 0 N–H and O–H groups in total. The molecule has 0 aromatic heterocycles. The summed E-state index contributed by atoms with van der Waals surface area (Å²) >= 11 is 5.38. The molecule has 0 saturated heterocycles. The molecular weight excluding hydrogens is 291 g/mol. The highest BCUT2D eigenvalue weighted by Gasteiger charge is 2.08. The van der Waals surface area contributed by atoms with Gasteiger partial charge in [-0.15, -0.1) is 11.6 Å². The number of rotatable bonds is 5. The fourth-order valence-electron chi connectivity index (χ4n) is 1.25. The first-order valence-corrected chi connectivity index (χ1v) is 8.01. The average molecular weight is 305 g/mol. The molecule has 0 spiro atoms. The second-order valence-corrected chi connectivity index (χ2v) is 6.40. The summed E-state index contributed by atoms with van der Waals surface area (Å²) in [4.78, 5) is 0. The molecule has 0 atom stereocenters. The van der Waals surface area contributed by atoms with E-state index in [0.717, 1.165) is 0 Å². The van der Waals surface area contributed by atoms with Crippen LogP contribution in [0.3, 0.4) is 0 Å². The van der Waals surface area contributed by atoms with Crippen molar-refractivity contribution in [1.82, 2.24) is 0 Å². The molecule has 1 aromatic carbocycles. The third-order valence-corrected chi connectivity index (χ3v) is 4.14. The minimum atomic E-state index is -3.08. The summed E-state index contributed by atoms with van der Waals surface area (Å²) < 4.78 is 41.2. The quantitative estimate of drug-likeness (QED) is 0.619. The lowest BCUT2D eigenvalue weighted by Crippen LogP contribution is -2.15. The Morgan fingerprint density at radius 1 is 1.42 bits per heavy atom. The van der Waals surface area contributed by atoms with Crippen molar-refractivity contribution in [3.05, 3.63) is 29.6 Å². The zero-order valence-corrected chi connectivity index (χ0v) is 12.0. The van der Waals surface area contributed by atoms with Crippen molar-refractivity contribution in [1.29, 1.82) is 0 Å². The summed E-state index contributed by atoms with van der Waals surface area (Å²) in [7, 11) is -3.08. The fraction of sp³-hybridized carbons (Fsp3) is 0.385. The maximum absolute atomic E-state index is 13.6. The van der Waals surface area contributed by atoms with Crippen LogP contribution in [-0.2, 0) is 9.84 Å². The standard InChI is InChI=1S/C13H14ClFO3S/c1-2-19(16,17)9-8-18-12-6-5-11(4-3-7-14)13(15)10-12/h5-6,10H,2,7-9H2,1H3. The third-order valence-electron chi connectivity index (χ3n) is 2.33. The molecule has 19 heavy (non-hydrogen) atoms. The topological polar surface area (TPSA) is 43.4 Å². The summed E-state index contributed by atoms with van der Waals surface area (Å²) in [5, 5.41) is 0. The van der Waals surface area contributed by atoms with Crippen molar-refractivity contribution in [2.24, 2.45) is 0 Å². The van der Waals surface area contributed by atoms with Gasteiger partial charge in [-0.1, -0.05) is 18.8 Å². The molecule has 0 radical (unpaired) electrons. The van der Waals surface area contributed by atoms with E-state index in [2.05, 4.69) is 11.8 Å². The summed E-state index contributed by atoms with van der Waals surface area (Å²) in [5.74, 6) is 4.99. The number of alkyl halides is 1. The molecule has 1 rings (SSSR count). The van der Waals surface area contributed by atoms with Gasteiger partial charge in [0.05, 0.1) is 17.2 Å². The van der Waals surface area contributed by atoms with Gasteiger partial charge in [-0.2, -0.15) is 0 Å². The molecule has 0 aliphatic heterocycles. The van der Waals surface area contributed by atoms with Crippen molar-refractivity contribution in [3.63, 3.8) is 0 Å². The van der Waals surface area contributed by atoms with Crippen LogP contribution in [-0.4, -0.2) is 32.4 Å². The summed E-state index contributed by atoms with van der Waals surface area (Å²) in [6.07, 6.45) is 0. The molecule has 0 amide bonds. The zero-order chi connectivity index (χ0) is 14.3. The van der Waals surface area contributed by atoms with Crippen molar-refractivity contribution in [2.75, 3.05) is 24.0 Å². The average Bonchev–Trinajstić information content (AvgIpc) is 2.37. The number of ether oxygens (including phenoxy) is 1. The van der Waals surface area contributed by atoms with Crippen LogP contribution in [0.25, 0.3) is 0 Å². The minimum Gasteiger partial charge on any atom is -0.492 e. The van der Waals surface area contributed by atoms with Gasteiger partial charge in [0.1, 0.15) is 18.2 Å². The normalized spacial score (nSPS) is 10.7. The van der Waals surface area contributed by atoms with E-state index >= 15 is 0 Å². The molecule has 0 bridgehead atoms. The van der Waals surface area contributed by atoms with Crippen LogP contribution in [0, 0.1) is 17.7 Å². The van der Waals surface area contributed by atoms with Crippen molar-refractivity contribution < 1.29 is 17.5 Å². The van der Waals surface area contributed by atoms with Crippen LogP contribution in [0.5, 0.6) is 5.75 Å². The van der Waals surface area contributed by atoms with Gasteiger partial charge in [-0.05, 0) is 12.1 Å². The Balaban J connectivity index is 2.64. The van der Waals surface area contributed by atoms with Crippen molar-refractivity contribution in [3.8, 4) is 17.6 Å². The Kier molecular flexibility index (Phi) is 6.13. The Hall–Kier alpha value is -1.25. The van der Waals surface area contributed by atoms with E-state index in [1.807, 2.05) is 0 Å². The van der Waals surface area contributed by atoms with Crippen LogP contribution in [0.4, 0.5) is 4.39 Å². The SMILES string of the molecule is CCS(=O)(=O)CCOc1ccc(C#CCCl)c(F)c1. The maximum atomic E-state index is 13.6. The molecule has 0 saturated carbocycles. The first-order chi connectivity index (χ1) is 8.98. The predicted molar refractivity (Wildman–Crippen MR) is 73.8 cm³/mol. The summed E-state index contributed by atoms with van der Waals surface area (Å²) in [6.45, 7) is 1.57. The Morgan fingerprint density at radius 3 is 2.74 bits per heavy atom. The molecule has 0 aliphatic carbocycles. The molecule has 0 fully saturated rings. The van der Waals surface area contributed by atoms with Gasteiger partial charge < -0.3 is 4.74 Å². The van der Waals surface area contributed by atoms with Crippen LogP contribution in [0.1, 0.15) is 12.5 Å². The molecule has 1 aromatic rings. The van der Waals surface area contributed by atoms with E-state index < -0.39 is 15.7 Å².